The van der Waals surface area contributed by atoms with E-state index in [1.807, 2.05) is 32.9 Å². The number of amides is 1. The van der Waals surface area contributed by atoms with Crippen molar-refractivity contribution in [3.63, 3.8) is 0 Å². The van der Waals surface area contributed by atoms with E-state index in [0.29, 0.717) is 5.02 Å². The number of carbonyl (C=O) groups excluding carboxylic acids is 1. The quantitative estimate of drug-likeness (QED) is 0.862. The van der Waals surface area contributed by atoms with E-state index in [2.05, 4.69) is 15.5 Å². The molecule has 22 heavy (non-hydrogen) atoms. The molecule has 0 saturated carbocycles. The summed E-state index contributed by atoms with van der Waals surface area (Å²) in [4.78, 5) is 14.6. The van der Waals surface area contributed by atoms with Gasteiger partial charge in [-0.3, -0.25) is 9.69 Å². The zero-order valence-electron chi connectivity index (χ0n) is 13.1. The molecule has 2 rings (SSSR count). The van der Waals surface area contributed by atoms with Crippen LogP contribution < -0.4 is 10.6 Å². The molecule has 2 N–H and O–H groups in total. The third-order valence-corrected chi connectivity index (χ3v) is 4.06. The summed E-state index contributed by atoms with van der Waals surface area (Å²) < 4.78 is 0. The average Bonchev–Trinajstić information content (AvgIpc) is 2.42. The predicted octanol–water partition coefficient (Wildman–Crippen LogP) is 3.03. The number of aryl methyl sites for hydroxylation is 2. The molecule has 0 spiro atoms. The van der Waals surface area contributed by atoms with Crippen LogP contribution >= 0.6 is 36.4 Å². The number of nitrogens with one attached hydrogen (secondary N) is 2. The summed E-state index contributed by atoms with van der Waals surface area (Å²) in [6.07, 6.45) is 0. The maximum atomic E-state index is 12.4. The van der Waals surface area contributed by atoms with Crippen molar-refractivity contribution in [2.24, 2.45) is 0 Å². The average molecular weight is 369 g/mol. The number of rotatable bonds is 3. The van der Waals surface area contributed by atoms with Crippen LogP contribution in [0.15, 0.2) is 12.1 Å². The van der Waals surface area contributed by atoms with Crippen LogP contribution in [0, 0.1) is 13.8 Å². The van der Waals surface area contributed by atoms with Crippen LogP contribution in [0.4, 0.5) is 5.69 Å². The van der Waals surface area contributed by atoms with Crippen molar-refractivity contribution >= 4 is 48.0 Å². The summed E-state index contributed by atoms with van der Waals surface area (Å²) in [5.41, 5.74) is 2.82. The van der Waals surface area contributed by atoms with Crippen LogP contribution in [0.2, 0.25) is 5.02 Å². The van der Waals surface area contributed by atoms with Gasteiger partial charge in [-0.1, -0.05) is 17.7 Å². The Balaban J connectivity index is 0.00000220. The van der Waals surface area contributed by atoms with Crippen LogP contribution in [0.5, 0.6) is 0 Å². The van der Waals surface area contributed by atoms with Gasteiger partial charge in [0.1, 0.15) is 0 Å². The van der Waals surface area contributed by atoms with Crippen molar-refractivity contribution in [2.75, 3.05) is 31.5 Å². The van der Waals surface area contributed by atoms with Crippen molar-refractivity contribution in [1.82, 2.24) is 10.2 Å². The molecule has 1 saturated heterocycles. The molecule has 1 fully saturated rings. The molecule has 0 bridgehead atoms. The molecule has 0 aliphatic carbocycles. The molecular weight excluding hydrogens is 345 g/mol. The second kappa shape index (κ2) is 9.58. The van der Waals surface area contributed by atoms with E-state index < -0.39 is 0 Å². The fourth-order valence-corrected chi connectivity index (χ4v) is 2.91. The number of hydrogen-bond donors (Lipinski definition) is 2. The number of benzene rings is 1. The zero-order chi connectivity index (χ0) is 14.7. The van der Waals surface area contributed by atoms with Crippen molar-refractivity contribution in [3.8, 4) is 0 Å². The van der Waals surface area contributed by atoms with Crippen LogP contribution in [0.3, 0.4) is 0 Å². The van der Waals surface area contributed by atoms with E-state index in [-0.39, 0.29) is 36.8 Å². The fourth-order valence-electron chi connectivity index (χ4n) is 2.54. The molecule has 0 aromatic heterocycles. The summed E-state index contributed by atoms with van der Waals surface area (Å²) in [6.45, 7) is 9.56. The highest BCUT2D eigenvalue weighted by Gasteiger charge is 2.23. The Kier molecular flexibility index (Phi) is 9.35. The van der Waals surface area contributed by atoms with Gasteiger partial charge < -0.3 is 10.6 Å². The van der Waals surface area contributed by atoms with Crippen LogP contribution in [0.25, 0.3) is 0 Å². The van der Waals surface area contributed by atoms with E-state index in [1.54, 1.807) is 0 Å². The number of anilines is 1. The lowest BCUT2D eigenvalue weighted by molar-refractivity contribution is -0.120. The molecule has 1 aromatic rings. The van der Waals surface area contributed by atoms with Crippen molar-refractivity contribution in [3.05, 3.63) is 28.3 Å². The number of piperazine rings is 1. The molecule has 0 radical (unpaired) electrons. The van der Waals surface area contributed by atoms with E-state index in [1.165, 1.54) is 0 Å². The first-order chi connectivity index (χ1) is 9.49. The Morgan fingerprint density at radius 3 is 2.41 bits per heavy atom. The third kappa shape index (κ3) is 5.28. The molecule has 1 atom stereocenters. The second-order valence-electron chi connectivity index (χ2n) is 5.39. The zero-order valence-corrected chi connectivity index (χ0v) is 15.5. The molecule has 1 aliphatic rings. The molecule has 1 aromatic carbocycles. The lowest BCUT2D eigenvalue weighted by Gasteiger charge is -2.32. The molecule has 1 heterocycles. The Bertz CT molecular complexity index is 482. The first kappa shape index (κ1) is 21.5. The van der Waals surface area contributed by atoms with Gasteiger partial charge in [0.2, 0.25) is 5.91 Å². The largest absolute Gasteiger partial charge is 0.323 e. The van der Waals surface area contributed by atoms with Crippen LogP contribution in [0.1, 0.15) is 18.1 Å². The van der Waals surface area contributed by atoms with Gasteiger partial charge in [-0.15, -0.1) is 24.8 Å². The van der Waals surface area contributed by atoms with Gasteiger partial charge in [-0.25, -0.2) is 0 Å². The molecule has 1 amide bonds. The summed E-state index contributed by atoms with van der Waals surface area (Å²) in [6, 6.07) is 3.75. The summed E-state index contributed by atoms with van der Waals surface area (Å²) in [5, 5.41) is 6.86. The summed E-state index contributed by atoms with van der Waals surface area (Å²) in [5.74, 6) is 0.000697. The maximum absolute atomic E-state index is 12.4. The van der Waals surface area contributed by atoms with Crippen LogP contribution in [-0.2, 0) is 4.79 Å². The molecule has 1 aliphatic heterocycles. The Morgan fingerprint density at radius 2 is 1.86 bits per heavy atom. The second-order valence-corrected chi connectivity index (χ2v) is 5.80. The molecule has 1 unspecified atom stereocenters. The highest BCUT2D eigenvalue weighted by atomic mass is 35.5. The van der Waals surface area contributed by atoms with Crippen molar-refractivity contribution in [1.29, 1.82) is 0 Å². The first-order valence-corrected chi connectivity index (χ1v) is 7.39. The van der Waals surface area contributed by atoms with Gasteiger partial charge in [0.15, 0.2) is 0 Å². The summed E-state index contributed by atoms with van der Waals surface area (Å²) >= 11 is 6.23. The van der Waals surface area contributed by atoms with Crippen molar-refractivity contribution < 1.29 is 4.79 Å². The molecular formula is C15H24Cl3N3O. The Morgan fingerprint density at radius 1 is 1.27 bits per heavy atom. The number of hydrogen-bond acceptors (Lipinski definition) is 3. The smallest absolute Gasteiger partial charge is 0.241 e. The SMILES string of the molecule is Cc1cc(C)c(NC(=O)C(C)N2CCNCC2)c(Cl)c1.Cl.Cl. The van der Waals surface area contributed by atoms with Gasteiger partial charge in [0.05, 0.1) is 16.8 Å². The van der Waals surface area contributed by atoms with E-state index >= 15 is 0 Å². The highest BCUT2D eigenvalue weighted by molar-refractivity contribution is 6.34. The minimum absolute atomic E-state index is 0. The van der Waals surface area contributed by atoms with E-state index in [9.17, 15) is 4.79 Å². The Hall–Kier alpha value is -0.520. The number of halogens is 3. The lowest BCUT2D eigenvalue weighted by atomic mass is 10.1. The maximum Gasteiger partial charge on any atom is 0.241 e. The van der Waals surface area contributed by atoms with E-state index in [0.717, 1.165) is 43.0 Å². The van der Waals surface area contributed by atoms with Gasteiger partial charge in [-0.2, -0.15) is 0 Å². The first-order valence-electron chi connectivity index (χ1n) is 7.01. The molecule has 126 valence electrons. The predicted molar refractivity (Wildman–Crippen MR) is 98.0 cm³/mol. The van der Waals surface area contributed by atoms with Gasteiger partial charge in [0, 0.05) is 26.2 Å². The van der Waals surface area contributed by atoms with Crippen molar-refractivity contribution in [2.45, 2.75) is 26.8 Å². The third-order valence-electron chi connectivity index (χ3n) is 3.76. The lowest BCUT2D eigenvalue weighted by Crippen LogP contribution is -2.51. The normalized spacial score (nSPS) is 16.2. The minimum Gasteiger partial charge on any atom is -0.323 e. The van der Waals surface area contributed by atoms with E-state index in [4.69, 9.17) is 11.6 Å². The molecule has 4 nitrogen and oxygen atoms in total. The number of carbonyl (C=O) groups is 1. The van der Waals surface area contributed by atoms with Gasteiger partial charge >= 0.3 is 0 Å². The molecule has 7 heteroatoms. The minimum atomic E-state index is -0.145. The topological polar surface area (TPSA) is 44.4 Å². The number of nitrogens with zero attached hydrogens (tertiary/aromatic N) is 1. The monoisotopic (exact) mass is 367 g/mol. The Labute approximate surface area is 149 Å². The fraction of sp³-hybridized carbons (Fsp3) is 0.533. The highest BCUT2D eigenvalue weighted by Crippen LogP contribution is 2.27. The summed E-state index contributed by atoms with van der Waals surface area (Å²) in [7, 11) is 0. The van der Waals surface area contributed by atoms with Gasteiger partial charge in [0.25, 0.3) is 0 Å². The van der Waals surface area contributed by atoms with Crippen LogP contribution in [-0.4, -0.2) is 43.0 Å². The standard InChI is InChI=1S/C15H22ClN3O.2ClH/c1-10-8-11(2)14(13(16)9-10)18-15(20)12(3)19-6-4-17-5-7-19;;/h8-9,12,17H,4-7H2,1-3H3,(H,18,20);2*1H. The van der Waals surface area contributed by atoms with Gasteiger partial charge in [-0.05, 0) is 38.0 Å².